The number of ether oxygens (including phenoxy) is 1. The third kappa shape index (κ3) is 3.85. The minimum Gasteiger partial charge on any atom is -0.481 e. The Morgan fingerprint density at radius 3 is 2.52 bits per heavy atom. The van der Waals surface area contributed by atoms with Crippen LogP contribution in [0.5, 0.6) is 5.88 Å². The molecule has 0 aromatic carbocycles. The van der Waals surface area contributed by atoms with Gasteiger partial charge in [-0.1, -0.05) is 0 Å². The van der Waals surface area contributed by atoms with Crippen molar-refractivity contribution in [2.24, 2.45) is 0 Å². The fourth-order valence-corrected chi connectivity index (χ4v) is 1.87. The van der Waals surface area contributed by atoms with Crippen LogP contribution in [0.4, 0.5) is 17.5 Å². The lowest BCUT2D eigenvalue weighted by Gasteiger charge is -2.19. The molecule has 0 aliphatic carbocycles. The van der Waals surface area contributed by atoms with Gasteiger partial charge in [-0.05, 0) is 6.07 Å². The average Bonchev–Trinajstić information content (AvgIpc) is 2.54. The largest absolute Gasteiger partial charge is 0.481 e. The van der Waals surface area contributed by atoms with E-state index in [0.29, 0.717) is 28.9 Å². The van der Waals surface area contributed by atoms with Gasteiger partial charge in [-0.15, -0.1) is 0 Å². The van der Waals surface area contributed by atoms with Gasteiger partial charge in [0.05, 0.1) is 13.3 Å². The normalized spacial score (nSPS) is 10.1. The first-order chi connectivity index (χ1) is 10.9. The molecule has 0 aliphatic rings. The van der Waals surface area contributed by atoms with Crippen LogP contribution in [0.1, 0.15) is 10.4 Å². The van der Waals surface area contributed by atoms with Crippen LogP contribution in [-0.4, -0.2) is 56.2 Å². The fraction of sp³-hybridized carbons (Fsp3) is 0.333. The molecular weight excluding hydrogens is 296 g/mol. The third-order valence-electron chi connectivity index (χ3n) is 3.03. The SMILES string of the molecule is COc1cc(C(=O)Nc2cnc(N(C)C)nc2N(C)C)ccn1. The molecule has 0 bridgehead atoms. The summed E-state index contributed by atoms with van der Waals surface area (Å²) >= 11 is 0. The summed E-state index contributed by atoms with van der Waals surface area (Å²) in [6.07, 6.45) is 3.11. The first-order valence-electron chi connectivity index (χ1n) is 6.95. The van der Waals surface area contributed by atoms with Gasteiger partial charge < -0.3 is 19.9 Å². The maximum atomic E-state index is 12.4. The summed E-state index contributed by atoms with van der Waals surface area (Å²) in [5, 5.41) is 2.82. The Morgan fingerprint density at radius 1 is 1.17 bits per heavy atom. The maximum absolute atomic E-state index is 12.4. The first-order valence-corrected chi connectivity index (χ1v) is 6.95. The summed E-state index contributed by atoms with van der Waals surface area (Å²) in [7, 11) is 8.92. The molecule has 8 nitrogen and oxygen atoms in total. The van der Waals surface area contributed by atoms with Crippen molar-refractivity contribution in [1.82, 2.24) is 15.0 Å². The van der Waals surface area contributed by atoms with Gasteiger partial charge in [0.25, 0.3) is 5.91 Å². The fourth-order valence-electron chi connectivity index (χ4n) is 1.87. The quantitative estimate of drug-likeness (QED) is 0.889. The van der Waals surface area contributed by atoms with E-state index in [2.05, 4.69) is 20.3 Å². The number of rotatable bonds is 5. The van der Waals surface area contributed by atoms with Gasteiger partial charge in [0.15, 0.2) is 5.82 Å². The van der Waals surface area contributed by atoms with Gasteiger partial charge in [-0.3, -0.25) is 4.79 Å². The summed E-state index contributed by atoms with van der Waals surface area (Å²) in [6.45, 7) is 0. The molecule has 8 heteroatoms. The third-order valence-corrected chi connectivity index (χ3v) is 3.03. The molecule has 0 spiro atoms. The monoisotopic (exact) mass is 316 g/mol. The van der Waals surface area contributed by atoms with Gasteiger partial charge >= 0.3 is 0 Å². The second-order valence-electron chi connectivity index (χ2n) is 5.24. The van der Waals surface area contributed by atoms with Crippen molar-refractivity contribution < 1.29 is 9.53 Å². The van der Waals surface area contributed by atoms with Crippen molar-refractivity contribution in [2.45, 2.75) is 0 Å². The van der Waals surface area contributed by atoms with Crippen molar-refractivity contribution in [3.63, 3.8) is 0 Å². The summed E-state index contributed by atoms with van der Waals surface area (Å²) in [5.41, 5.74) is 0.972. The number of hydrogen-bond donors (Lipinski definition) is 1. The van der Waals surface area contributed by atoms with E-state index in [-0.39, 0.29) is 5.91 Å². The molecule has 2 aromatic heterocycles. The Morgan fingerprint density at radius 2 is 1.91 bits per heavy atom. The number of hydrogen-bond acceptors (Lipinski definition) is 7. The number of methoxy groups -OCH3 is 1. The molecule has 122 valence electrons. The first kappa shape index (κ1) is 16.5. The van der Waals surface area contributed by atoms with E-state index in [1.807, 2.05) is 33.1 Å². The van der Waals surface area contributed by atoms with Gasteiger partial charge in [-0.2, -0.15) is 4.98 Å². The Labute approximate surface area is 135 Å². The van der Waals surface area contributed by atoms with Crippen molar-refractivity contribution in [3.05, 3.63) is 30.1 Å². The van der Waals surface area contributed by atoms with Crippen molar-refractivity contribution >= 4 is 23.4 Å². The molecule has 0 aliphatic heterocycles. The molecular formula is C15H20N6O2. The Hall–Kier alpha value is -2.90. The minimum absolute atomic E-state index is 0.282. The van der Waals surface area contributed by atoms with E-state index in [4.69, 9.17) is 4.74 Å². The smallest absolute Gasteiger partial charge is 0.256 e. The van der Waals surface area contributed by atoms with E-state index in [9.17, 15) is 4.79 Å². The molecule has 0 radical (unpaired) electrons. The molecule has 1 N–H and O–H groups in total. The number of carbonyl (C=O) groups is 1. The lowest BCUT2D eigenvalue weighted by Crippen LogP contribution is -2.21. The summed E-state index contributed by atoms with van der Waals surface area (Å²) in [4.78, 5) is 28.7. The Balaban J connectivity index is 2.29. The zero-order valence-corrected chi connectivity index (χ0v) is 13.9. The van der Waals surface area contributed by atoms with Crippen LogP contribution < -0.4 is 19.9 Å². The molecule has 0 atom stereocenters. The molecule has 0 unspecified atom stereocenters. The van der Waals surface area contributed by atoms with Crippen LogP contribution in [0.2, 0.25) is 0 Å². The van der Waals surface area contributed by atoms with Crippen LogP contribution in [0.3, 0.4) is 0 Å². The predicted molar refractivity (Wildman–Crippen MR) is 89.4 cm³/mol. The van der Waals surface area contributed by atoms with Gasteiger partial charge in [-0.25, -0.2) is 9.97 Å². The molecule has 0 saturated heterocycles. The summed E-state index contributed by atoms with van der Waals surface area (Å²) in [6, 6.07) is 3.18. The average molecular weight is 316 g/mol. The van der Waals surface area contributed by atoms with Crippen molar-refractivity contribution in [3.8, 4) is 5.88 Å². The highest BCUT2D eigenvalue weighted by atomic mass is 16.5. The zero-order chi connectivity index (χ0) is 17.0. The lowest BCUT2D eigenvalue weighted by molar-refractivity contribution is 0.102. The number of aromatic nitrogens is 3. The van der Waals surface area contributed by atoms with Gasteiger partial charge in [0.2, 0.25) is 11.8 Å². The van der Waals surface area contributed by atoms with E-state index >= 15 is 0 Å². The highest BCUT2D eigenvalue weighted by molar-refractivity contribution is 6.05. The van der Waals surface area contributed by atoms with E-state index < -0.39 is 0 Å². The number of amides is 1. The molecule has 2 aromatic rings. The van der Waals surface area contributed by atoms with Gasteiger partial charge in [0, 0.05) is 46.0 Å². The van der Waals surface area contributed by atoms with Crippen LogP contribution in [0.25, 0.3) is 0 Å². The molecule has 2 rings (SSSR count). The number of anilines is 3. The number of pyridine rings is 1. The van der Waals surface area contributed by atoms with E-state index in [1.54, 1.807) is 23.2 Å². The van der Waals surface area contributed by atoms with Crippen LogP contribution in [0, 0.1) is 0 Å². The summed E-state index contributed by atoms with van der Waals surface area (Å²) in [5.74, 6) is 1.29. The van der Waals surface area contributed by atoms with Crippen LogP contribution in [-0.2, 0) is 0 Å². The van der Waals surface area contributed by atoms with Crippen LogP contribution >= 0.6 is 0 Å². The molecule has 23 heavy (non-hydrogen) atoms. The van der Waals surface area contributed by atoms with Crippen molar-refractivity contribution in [2.75, 3.05) is 50.4 Å². The van der Waals surface area contributed by atoms with Crippen LogP contribution in [0.15, 0.2) is 24.5 Å². The zero-order valence-electron chi connectivity index (χ0n) is 13.9. The molecule has 2 heterocycles. The highest BCUT2D eigenvalue weighted by Gasteiger charge is 2.14. The van der Waals surface area contributed by atoms with E-state index in [1.165, 1.54) is 13.3 Å². The number of carbonyl (C=O) groups excluding carboxylic acids is 1. The topological polar surface area (TPSA) is 83.5 Å². The predicted octanol–water partition coefficient (Wildman–Crippen LogP) is 1.26. The number of nitrogens with one attached hydrogen (secondary N) is 1. The molecule has 0 saturated carbocycles. The molecule has 1 amide bonds. The second kappa shape index (κ2) is 6.91. The van der Waals surface area contributed by atoms with Gasteiger partial charge in [0.1, 0.15) is 5.69 Å². The second-order valence-corrected chi connectivity index (χ2v) is 5.24. The maximum Gasteiger partial charge on any atom is 0.256 e. The Kier molecular flexibility index (Phi) is 4.95. The molecule has 0 fully saturated rings. The van der Waals surface area contributed by atoms with Crippen molar-refractivity contribution in [1.29, 1.82) is 0 Å². The lowest BCUT2D eigenvalue weighted by atomic mass is 10.2. The summed E-state index contributed by atoms with van der Waals surface area (Å²) < 4.78 is 5.03. The standard InChI is InChI=1S/C15H20N6O2/c1-20(2)13-11(9-17-15(19-13)21(3)4)18-14(22)10-6-7-16-12(8-10)23-5/h6-9H,1-5H3,(H,18,22). The highest BCUT2D eigenvalue weighted by Crippen LogP contribution is 2.23. The number of nitrogens with zero attached hydrogens (tertiary/aromatic N) is 5. The van der Waals surface area contributed by atoms with E-state index in [0.717, 1.165) is 0 Å². The minimum atomic E-state index is -0.282. The Bertz CT molecular complexity index is 702.